The Bertz CT molecular complexity index is 933. The standard InChI is InChI=1S/C20H19BrN2O2S/c1-12-10-15(21)8-9-18(12)22-20(24)16-6-4-5-7-19(16)26-11-17-13(2)23-25-14(17)3/h4-10H,11H2,1-3H3,(H,22,24). The zero-order chi connectivity index (χ0) is 18.7. The third kappa shape index (κ3) is 4.19. The van der Waals surface area contributed by atoms with E-state index in [1.807, 2.05) is 63.2 Å². The van der Waals surface area contributed by atoms with Crippen molar-refractivity contribution in [2.24, 2.45) is 0 Å². The van der Waals surface area contributed by atoms with Crippen LogP contribution in [-0.4, -0.2) is 11.1 Å². The molecule has 0 aliphatic heterocycles. The number of carbonyl (C=O) groups is 1. The molecule has 4 nitrogen and oxygen atoms in total. The highest BCUT2D eigenvalue weighted by atomic mass is 79.9. The maximum Gasteiger partial charge on any atom is 0.256 e. The molecule has 1 N–H and O–H groups in total. The van der Waals surface area contributed by atoms with E-state index in [1.54, 1.807) is 11.8 Å². The highest BCUT2D eigenvalue weighted by Gasteiger charge is 2.15. The van der Waals surface area contributed by atoms with Crippen molar-refractivity contribution in [3.8, 4) is 0 Å². The number of anilines is 1. The lowest BCUT2D eigenvalue weighted by atomic mass is 10.1. The van der Waals surface area contributed by atoms with Gasteiger partial charge < -0.3 is 9.84 Å². The molecule has 0 atom stereocenters. The van der Waals surface area contributed by atoms with Crippen molar-refractivity contribution in [3.05, 3.63) is 75.1 Å². The van der Waals surface area contributed by atoms with Crippen LogP contribution in [0.25, 0.3) is 0 Å². The van der Waals surface area contributed by atoms with Crippen LogP contribution in [0.5, 0.6) is 0 Å². The number of benzene rings is 2. The monoisotopic (exact) mass is 430 g/mol. The van der Waals surface area contributed by atoms with E-state index in [-0.39, 0.29) is 5.91 Å². The molecule has 2 aromatic carbocycles. The minimum atomic E-state index is -0.114. The Hall–Kier alpha value is -2.05. The second kappa shape index (κ2) is 8.10. The summed E-state index contributed by atoms with van der Waals surface area (Å²) in [5, 5.41) is 6.99. The van der Waals surface area contributed by atoms with Crippen LogP contribution in [0.3, 0.4) is 0 Å². The largest absolute Gasteiger partial charge is 0.361 e. The molecule has 1 amide bonds. The quantitative estimate of drug-likeness (QED) is 0.511. The molecule has 3 rings (SSSR count). The van der Waals surface area contributed by atoms with Crippen molar-refractivity contribution in [1.82, 2.24) is 5.16 Å². The summed E-state index contributed by atoms with van der Waals surface area (Å²) in [6.45, 7) is 5.81. The number of amides is 1. The molecular formula is C20H19BrN2O2S. The van der Waals surface area contributed by atoms with Gasteiger partial charge in [0.1, 0.15) is 5.76 Å². The number of thioether (sulfide) groups is 1. The Morgan fingerprint density at radius 1 is 1.19 bits per heavy atom. The summed E-state index contributed by atoms with van der Waals surface area (Å²) >= 11 is 5.05. The molecule has 26 heavy (non-hydrogen) atoms. The minimum Gasteiger partial charge on any atom is -0.361 e. The van der Waals surface area contributed by atoms with Crippen molar-refractivity contribution in [3.63, 3.8) is 0 Å². The van der Waals surface area contributed by atoms with Crippen LogP contribution in [0.4, 0.5) is 5.69 Å². The van der Waals surface area contributed by atoms with Gasteiger partial charge in [0, 0.05) is 26.4 Å². The zero-order valence-electron chi connectivity index (χ0n) is 14.8. The van der Waals surface area contributed by atoms with Crippen molar-refractivity contribution >= 4 is 39.3 Å². The van der Waals surface area contributed by atoms with Crippen LogP contribution in [-0.2, 0) is 5.75 Å². The van der Waals surface area contributed by atoms with Gasteiger partial charge in [-0.25, -0.2) is 0 Å². The molecule has 3 aromatic rings. The summed E-state index contributed by atoms with van der Waals surface area (Å²) in [5.74, 6) is 1.42. The number of carbonyl (C=O) groups excluding carboxylic acids is 1. The normalized spacial score (nSPS) is 10.8. The van der Waals surface area contributed by atoms with Gasteiger partial charge in [-0.2, -0.15) is 0 Å². The van der Waals surface area contributed by atoms with E-state index in [1.165, 1.54) is 0 Å². The van der Waals surface area contributed by atoms with Gasteiger partial charge in [0.2, 0.25) is 0 Å². The first-order valence-electron chi connectivity index (χ1n) is 8.17. The highest BCUT2D eigenvalue weighted by molar-refractivity contribution is 9.10. The molecule has 0 aliphatic rings. The van der Waals surface area contributed by atoms with Crippen LogP contribution >= 0.6 is 27.7 Å². The van der Waals surface area contributed by atoms with E-state index >= 15 is 0 Å². The number of halogens is 1. The fourth-order valence-electron chi connectivity index (χ4n) is 2.59. The first kappa shape index (κ1) is 18.7. The Morgan fingerprint density at radius 2 is 1.96 bits per heavy atom. The van der Waals surface area contributed by atoms with E-state index in [0.29, 0.717) is 11.3 Å². The molecule has 1 aromatic heterocycles. The number of hydrogen-bond donors (Lipinski definition) is 1. The molecule has 0 saturated carbocycles. The molecular weight excluding hydrogens is 412 g/mol. The topological polar surface area (TPSA) is 55.1 Å². The van der Waals surface area contributed by atoms with E-state index in [9.17, 15) is 4.79 Å². The van der Waals surface area contributed by atoms with E-state index in [4.69, 9.17) is 4.52 Å². The van der Waals surface area contributed by atoms with Crippen molar-refractivity contribution in [2.75, 3.05) is 5.32 Å². The summed E-state index contributed by atoms with van der Waals surface area (Å²) < 4.78 is 6.21. The van der Waals surface area contributed by atoms with Crippen LogP contribution in [0.1, 0.15) is 32.9 Å². The average molecular weight is 431 g/mol. The SMILES string of the molecule is Cc1cc(Br)ccc1NC(=O)c1ccccc1SCc1c(C)noc1C. The summed E-state index contributed by atoms with van der Waals surface area (Å²) in [4.78, 5) is 13.7. The summed E-state index contributed by atoms with van der Waals surface area (Å²) in [7, 11) is 0. The van der Waals surface area contributed by atoms with Crippen molar-refractivity contribution in [1.29, 1.82) is 0 Å². The first-order valence-corrected chi connectivity index (χ1v) is 9.94. The lowest BCUT2D eigenvalue weighted by Crippen LogP contribution is -2.13. The Balaban J connectivity index is 1.79. The van der Waals surface area contributed by atoms with Gasteiger partial charge >= 0.3 is 0 Å². The number of nitrogens with one attached hydrogen (secondary N) is 1. The minimum absolute atomic E-state index is 0.114. The molecule has 0 fully saturated rings. The summed E-state index contributed by atoms with van der Waals surface area (Å²) in [5.41, 5.74) is 4.44. The fourth-order valence-corrected chi connectivity index (χ4v) is 4.27. The van der Waals surface area contributed by atoms with Crippen molar-refractivity contribution < 1.29 is 9.32 Å². The van der Waals surface area contributed by atoms with E-state index in [0.717, 1.165) is 37.6 Å². The third-order valence-corrected chi connectivity index (χ3v) is 5.71. The van der Waals surface area contributed by atoms with E-state index in [2.05, 4.69) is 26.4 Å². The van der Waals surface area contributed by atoms with Crippen LogP contribution in [0.2, 0.25) is 0 Å². The van der Waals surface area contributed by atoms with Gasteiger partial charge in [-0.15, -0.1) is 11.8 Å². The molecule has 0 radical (unpaired) electrons. The molecule has 0 spiro atoms. The maximum atomic E-state index is 12.8. The average Bonchev–Trinajstić information content (AvgIpc) is 2.94. The van der Waals surface area contributed by atoms with E-state index < -0.39 is 0 Å². The maximum absolute atomic E-state index is 12.8. The second-order valence-electron chi connectivity index (χ2n) is 6.00. The lowest BCUT2D eigenvalue weighted by Gasteiger charge is -2.12. The molecule has 0 bridgehead atoms. The Morgan fingerprint density at radius 3 is 2.65 bits per heavy atom. The van der Waals surface area contributed by atoms with Gasteiger partial charge in [-0.05, 0) is 56.7 Å². The molecule has 1 heterocycles. The highest BCUT2D eigenvalue weighted by Crippen LogP contribution is 2.29. The number of nitrogens with zero attached hydrogens (tertiary/aromatic N) is 1. The smallest absolute Gasteiger partial charge is 0.256 e. The Labute approximate surface area is 165 Å². The van der Waals surface area contributed by atoms with Gasteiger partial charge in [0.25, 0.3) is 5.91 Å². The fraction of sp³-hybridized carbons (Fsp3) is 0.200. The van der Waals surface area contributed by atoms with Crippen LogP contribution in [0, 0.1) is 20.8 Å². The molecule has 6 heteroatoms. The second-order valence-corrected chi connectivity index (χ2v) is 7.93. The van der Waals surface area contributed by atoms with Gasteiger partial charge in [-0.3, -0.25) is 4.79 Å². The third-order valence-electron chi connectivity index (χ3n) is 4.12. The Kier molecular flexibility index (Phi) is 5.84. The molecule has 134 valence electrons. The number of rotatable bonds is 5. The molecule has 0 saturated heterocycles. The number of aromatic nitrogens is 1. The van der Waals surface area contributed by atoms with Gasteiger partial charge in [-0.1, -0.05) is 33.2 Å². The van der Waals surface area contributed by atoms with Crippen LogP contribution < -0.4 is 5.32 Å². The number of hydrogen-bond acceptors (Lipinski definition) is 4. The lowest BCUT2D eigenvalue weighted by molar-refractivity contribution is 0.102. The zero-order valence-corrected chi connectivity index (χ0v) is 17.2. The summed E-state index contributed by atoms with van der Waals surface area (Å²) in [6.07, 6.45) is 0. The molecule has 0 aliphatic carbocycles. The van der Waals surface area contributed by atoms with Gasteiger partial charge in [0.05, 0.1) is 11.3 Å². The predicted octanol–water partition coefficient (Wildman–Crippen LogP) is 5.91. The molecule has 0 unspecified atom stereocenters. The summed E-state index contributed by atoms with van der Waals surface area (Å²) in [6, 6.07) is 13.4. The number of aryl methyl sites for hydroxylation is 3. The van der Waals surface area contributed by atoms with Crippen molar-refractivity contribution in [2.45, 2.75) is 31.4 Å². The predicted molar refractivity (Wildman–Crippen MR) is 109 cm³/mol. The van der Waals surface area contributed by atoms with Gasteiger partial charge in [0.15, 0.2) is 0 Å². The van der Waals surface area contributed by atoms with Crippen LogP contribution in [0.15, 0.2) is 56.4 Å². The first-order chi connectivity index (χ1) is 12.5.